The number of nitrogens with one attached hydrogen (secondary N) is 3. The maximum absolute atomic E-state index is 11.9. The highest BCUT2D eigenvalue weighted by molar-refractivity contribution is 5.98. The minimum Gasteiger partial charge on any atom is -0.451 e. The number of amides is 3. The van der Waals surface area contributed by atoms with Crippen LogP contribution in [-0.2, 0) is 9.53 Å². The third-order valence-corrected chi connectivity index (χ3v) is 3.15. The van der Waals surface area contributed by atoms with Gasteiger partial charge in [-0.1, -0.05) is 31.5 Å². The average Bonchev–Trinajstić information content (AvgIpc) is 2.97. The third-order valence-electron chi connectivity index (χ3n) is 3.15. The summed E-state index contributed by atoms with van der Waals surface area (Å²) in [4.78, 5) is 37.7. The number of carbonyl (C=O) groups excluding carboxylic acids is 3. The molecule has 7 nitrogen and oxygen atoms in total. The largest absolute Gasteiger partial charge is 0.451 e. The number of hydrogen-bond donors (Lipinski definition) is 3. The zero-order chi connectivity index (χ0) is 16.7. The molecule has 122 valence electrons. The predicted molar refractivity (Wildman–Crippen MR) is 85.0 cm³/mol. The molecule has 3 N–H and O–H groups in total. The molecule has 1 heterocycles. The quantitative estimate of drug-likeness (QED) is 0.560. The van der Waals surface area contributed by atoms with Gasteiger partial charge >= 0.3 is 12.0 Å². The Morgan fingerprint density at radius 1 is 1.22 bits per heavy atom. The summed E-state index contributed by atoms with van der Waals surface area (Å²) < 4.78 is 4.88. The van der Waals surface area contributed by atoms with Crippen molar-refractivity contribution in [1.29, 1.82) is 0 Å². The molecule has 7 heteroatoms. The van der Waals surface area contributed by atoms with E-state index in [2.05, 4.69) is 15.6 Å². The van der Waals surface area contributed by atoms with E-state index >= 15 is 0 Å². The van der Waals surface area contributed by atoms with Crippen molar-refractivity contribution in [1.82, 2.24) is 15.6 Å². The molecule has 2 aromatic rings. The van der Waals surface area contributed by atoms with Crippen LogP contribution in [-0.4, -0.2) is 36.0 Å². The summed E-state index contributed by atoms with van der Waals surface area (Å²) in [6.45, 7) is 1.97. The van der Waals surface area contributed by atoms with Gasteiger partial charge in [-0.15, -0.1) is 0 Å². The number of aromatic amines is 1. The first-order valence-corrected chi connectivity index (χ1v) is 7.42. The number of benzene rings is 1. The molecule has 0 spiro atoms. The van der Waals surface area contributed by atoms with E-state index in [-0.39, 0.29) is 5.69 Å². The van der Waals surface area contributed by atoms with Gasteiger partial charge in [0.1, 0.15) is 5.69 Å². The molecule has 0 bridgehead atoms. The number of rotatable bonds is 6. The fourth-order valence-corrected chi connectivity index (χ4v) is 1.98. The van der Waals surface area contributed by atoms with Crippen LogP contribution in [0.1, 0.15) is 30.3 Å². The van der Waals surface area contributed by atoms with Gasteiger partial charge in [-0.25, -0.2) is 9.59 Å². The highest BCUT2D eigenvalue weighted by atomic mass is 16.5. The molecule has 3 amide bonds. The lowest BCUT2D eigenvalue weighted by Crippen LogP contribution is -2.41. The molecule has 1 aromatic carbocycles. The number of imide groups is 1. The maximum Gasteiger partial charge on any atom is 0.355 e. The standard InChI is InChI=1S/C16H19N3O4/c1-2-3-8-17-16(22)19-14(20)10-23-15(21)13-9-11-6-4-5-7-12(11)18-13/h4-7,9,18H,2-3,8,10H2,1H3,(H2,17,19,20,22). The van der Waals surface area contributed by atoms with Crippen LogP contribution in [0, 0.1) is 0 Å². The SMILES string of the molecule is CCCCNC(=O)NC(=O)COC(=O)c1cc2ccccc2[nH]1. The van der Waals surface area contributed by atoms with Crippen molar-refractivity contribution in [3.05, 3.63) is 36.0 Å². The molecule has 0 unspecified atom stereocenters. The summed E-state index contributed by atoms with van der Waals surface area (Å²) in [7, 11) is 0. The summed E-state index contributed by atoms with van der Waals surface area (Å²) in [6.07, 6.45) is 1.77. The van der Waals surface area contributed by atoms with E-state index in [1.807, 2.05) is 31.2 Å². The zero-order valence-electron chi connectivity index (χ0n) is 12.8. The van der Waals surface area contributed by atoms with Crippen molar-refractivity contribution in [3.63, 3.8) is 0 Å². The molecule has 0 aliphatic heterocycles. The van der Waals surface area contributed by atoms with Gasteiger partial charge in [0, 0.05) is 17.4 Å². The summed E-state index contributed by atoms with van der Waals surface area (Å²) in [5.74, 6) is -1.33. The molecule has 2 rings (SSSR count). The molecule has 0 saturated heterocycles. The Hall–Kier alpha value is -2.83. The number of unbranched alkanes of at least 4 members (excludes halogenated alkanes) is 1. The lowest BCUT2D eigenvalue weighted by atomic mass is 10.2. The van der Waals surface area contributed by atoms with E-state index < -0.39 is 24.5 Å². The first-order valence-electron chi connectivity index (χ1n) is 7.42. The predicted octanol–water partition coefficient (Wildman–Crippen LogP) is 1.95. The Morgan fingerprint density at radius 3 is 2.74 bits per heavy atom. The van der Waals surface area contributed by atoms with Gasteiger partial charge < -0.3 is 15.0 Å². The van der Waals surface area contributed by atoms with Gasteiger partial charge in [0.15, 0.2) is 6.61 Å². The van der Waals surface area contributed by atoms with Crippen LogP contribution in [0.2, 0.25) is 0 Å². The molecule has 0 fully saturated rings. The van der Waals surface area contributed by atoms with Crippen LogP contribution < -0.4 is 10.6 Å². The van der Waals surface area contributed by atoms with Crippen LogP contribution in [0.25, 0.3) is 10.9 Å². The van der Waals surface area contributed by atoms with Crippen LogP contribution in [0.15, 0.2) is 30.3 Å². The molecule has 0 atom stereocenters. The van der Waals surface area contributed by atoms with Gasteiger partial charge in [0.05, 0.1) is 0 Å². The van der Waals surface area contributed by atoms with Crippen LogP contribution >= 0.6 is 0 Å². The second-order valence-corrected chi connectivity index (χ2v) is 5.00. The number of para-hydroxylation sites is 1. The Kier molecular flexibility index (Phi) is 5.74. The molecule has 1 aromatic heterocycles. The van der Waals surface area contributed by atoms with Crippen molar-refractivity contribution in [2.75, 3.05) is 13.2 Å². The van der Waals surface area contributed by atoms with Crippen molar-refractivity contribution in [2.45, 2.75) is 19.8 Å². The van der Waals surface area contributed by atoms with Crippen molar-refractivity contribution < 1.29 is 19.1 Å². The first kappa shape index (κ1) is 16.5. The number of esters is 1. The van der Waals surface area contributed by atoms with Crippen molar-refractivity contribution in [2.24, 2.45) is 0 Å². The van der Waals surface area contributed by atoms with Crippen molar-refractivity contribution >= 4 is 28.8 Å². The fraction of sp³-hybridized carbons (Fsp3) is 0.312. The summed E-state index contributed by atoms with van der Waals surface area (Å²) in [6, 6.07) is 8.45. The van der Waals surface area contributed by atoms with E-state index in [4.69, 9.17) is 4.74 Å². The second-order valence-electron chi connectivity index (χ2n) is 5.00. The van der Waals surface area contributed by atoms with Gasteiger partial charge in [0.25, 0.3) is 5.91 Å². The molecule has 0 aliphatic rings. The van der Waals surface area contributed by atoms with Crippen molar-refractivity contribution in [3.8, 4) is 0 Å². The van der Waals surface area contributed by atoms with Crippen LogP contribution in [0.3, 0.4) is 0 Å². The molecule has 0 saturated carbocycles. The van der Waals surface area contributed by atoms with E-state index in [0.717, 1.165) is 23.7 Å². The Labute approximate surface area is 133 Å². The van der Waals surface area contributed by atoms with E-state index in [0.29, 0.717) is 6.54 Å². The van der Waals surface area contributed by atoms with E-state index in [1.165, 1.54) is 0 Å². The minimum atomic E-state index is -0.677. The zero-order valence-corrected chi connectivity index (χ0v) is 12.8. The summed E-state index contributed by atoms with van der Waals surface area (Å²) >= 11 is 0. The van der Waals surface area contributed by atoms with Gasteiger partial charge in [-0.2, -0.15) is 0 Å². The lowest BCUT2D eigenvalue weighted by Gasteiger charge is -2.06. The van der Waals surface area contributed by atoms with Crippen LogP contribution in [0.4, 0.5) is 4.79 Å². The molecule has 0 aliphatic carbocycles. The number of ether oxygens (including phenoxy) is 1. The Morgan fingerprint density at radius 2 is 2.00 bits per heavy atom. The topological polar surface area (TPSA) is 100 Å². The summed E-state index contributed by atoms with van der Waals surface area (Å²) in [5, 5.41) is 5.50. The minimum absolute atomic E-state index is 0.256. The van der Waals surface area contributed by atoms with Gasteiger partial charge in [0.2, 0.25) is 0 Å². The normalized spacial score (nSPS) is 10.3. The number of urea groups is 1. The number of hydrogen-bond acceptors (Lipinski definition) is 4. The number of H-pyrrole nitrogens is 1. The fourth-order valence-electron chi connectivity index (χ4n) is 1.98. The number of carbonyl (C=O) groups is 3. The highest BCUT2D eigenvalue weighted by Gasteiger charge is 2.14. The Bertz CT molecular complexity index is 675. The average molecular weight is 317 g/mol. The third kappa shape index (κ3) is 4.84. The van der Waals surface area contributed by atoms with Crippen LogP contribution in [0.5, 0.6) is 0 Å². The van der Waals surface area contributed by atoms with E-state index in [1.54, 1.807) is 6.07 Å². The number of aromatic nitrogens is 1. The number of fused-ring (bicyclic) bond motifs is 1. The highest BCUT2D eigenvalue weighted by Crippen LogP contribution is 2.15. The Balaban J connectivity index is 1.79. The van der Waals surface area contributed by atoms with E-state index in [9.17, 15) is 14.4 Å². The second kappa shape index (κ2) is 7.98. The van der Waals surface area contributed by atoms with Gasteiger partial charge in [-0.3, -0.25) is 10.1 Å². The first-order chi connectivity index (χ1) is 11.1. The monoisotopic (exact) mass is 317 g/mol. The van der Waals surface area contributed by atoms with Gasteiger partial charge in [-0.05, 0) is 18.6 Å². The smallest absolute Gasteiger partial charge is 0.355 e. The maximum atomic E-state index is 11.9. The molecular formula is C16H19N3O4. The summed E-state index contributed by atoms with van der Waals surface area (Å²) in [5.41, 5.74) is 1.06. The molecule has 0 radical (unpaired) electrons. The molecule has 23 heavy (non-hydrogen) atoms. The molecular weight excluding hydrogens is 298 g/mol. The lowest BCUT2D eigenvalue weighted by molar-refractivity contribution is -0.123.